The van der Waals surface area contributed by atoms with Crippen molar-refractivity contribution in [2.75, 3.05) is 46.3 Å². The van der Waals surface area contributed by atoms with Crippen LogP contribution in [0.25, 0.3) is 0 Å². The number of hydrogen-bond acceptors (Lipinski definition) is 3. The van der Waals surface area contributed by atoms with E-state index in [9.17, 15) is 4.79 Å². The van der Waals surface area contributed by atoms with Crippen LogP contribution in [0.3, 0.4) is 0 Å². The summed E-state index contributed by atoms with van der Waals surface area (Å²) < 4.78 is 0. The van der Waals surface area contributed by atoms with E-state index in [1.165, 1.54) is 37.9 Å². The lowest BCUT2D eigenvalue weighted by molar-refractivity contribution is -0.122. The van der Waals surface area contributed by atoms with E-state index in [1.54, 1.807) is 7.05 Å². The molecule has 2 fully saturated rings. The highest BCUT2D eigenvalue weighted by Crippen LogP contribution is 2.44. The van der Waals surface area contributed by atoms with Crippen LogP contribution in [0.15, 0.2) is 30.3 Å². The third kappa shape index (κ3) is 3.98. The van der Waals surface area contributed by atoms with Crippen molar-refractivity contribution in [2.24, 2.45) is 5.41 Å². The van der Waals surface area contributed by atoms with Crippen LogP contribution in [0, 0.1) is 5.41 Å². The van der Waals surface area contributed by atoms with Crippen LogP contribution in [0.4, 0.5) is 0 Å². The molecule has 2 heterocycles. The maximum absolute atomic E-state index is 11.6. The summed E-state index contributed by atoms with van der Waals surface area (Å²) in [7, 11) is 1.72. The lowest BCUT2D eigenvalue weighted by Crippen LogP contribution is -2.52. The summed E-state index contributed by atoms with van der Waals surface area (Å²) in [5.74, 6) is 0.775. The van der Waals surface area contributed by atoms with Gasteiger partial charge in [-0.25, -0.2) is 0 Å². The molecule has 1 N–H and O–H groups in total. The van der Waals surface area contributed by atoms with Gasteiger partial charge >= 0.3 is 0 Å². The average molecular weight is 329 g/mol. The first-order chi connectivity index (χ1) is 11.6. The Morgan fingerprint density at radius 3 is 2.54 bits per heavy atom. The summed E-state index contributed by atoms with van der Waals surface area (Å²) in [5, 5.41) is 2.74. The number of nitrogens with zero attached hydrogens (tertiary/aromatic N) is 2. The van der Waals surface area contributed by atoms with Crippen LogP contribution >= 0.6 is 0 Å². The Morgan fingerprint density at radius 2 is 1.92 bits per heavy atom. The second-order valence-corrected chi connectivity index (χ2v) is 7.59. The number of hydrogen-bond donors (Lipinski definition) is 1. The zero-order valence-corrected chi connectivity index (χ0v) is 15.1. The van der Waals surface area contributed by atoms with Crippen molar-refractivity contribution in [3.8, 4) is 0 Å². The molecule has 0 bridgehead atoms. The zero-order valence-electron chi connectivity index (χ0n) is 15.1. The molecule has 1 spiro atoms. The highest BCUT2D eigenvalue weighted by molar-refractivity contribution is 5.77. The lowest BCUT2D eigenvalue weighted by atomic mass is 9.68. The first-order valence-corrected chi connectivity index (χ1v) is 9.34. The van der Waals surface area contributed by atoms with E-state index in [0.29, 0.717) is 17.9 Å². The summed E-state index contributed by atoms with van der Waals surface area (Å²) in [6.07, 6.45) is 3.72. The molecule has 2 aliphatic rings. The summed E-state index contributed by atoms with van der Waals surface area (Å²) in [6, 6.07) is 11.0. The predicted octanol–water partition coefficient (Wildman–Crippen LogP) is 2.32. The Labute approximate surface area is 146 Å². The van der Waals surface area contributed by atoms with Crippen molar-refractivity contribution in [1.29, 1.82) is 0 Å². The molecule has 1 aromatic rings. The first kappa shape index (κ1) is 17.4. The molecule has 0 aliphatic carbocycles. The molecule has 24 heavy (non-hydrogen) atoms. The molecule has 0 radical (unpaired) electrons. The number of likely N-dealkylation sites (tertiary alicyclic amines) is 2. The monoisotopic (exact) mass is 329 g/mol. The van der Waals surface area contributed by atoms with Crippen LogP contribution in [-0.2, 0) is 4.79 Å². The van der Waals surface area contributed by atoms with E-state index in [-0.39, 0.29) is 5.91 Å². The molecule has 1 amide bonds. The Bertz CT molecular complexity index is 537. The molecule has 0 aromatic heterocycles. The number of benzene rings is 1. The smallest absolute Gasteiger partial charge is 0.233 e. The minimum Gasteiger partial charge on any atom is -0.358 e. The number of piperidine rings is 2. The second-order valence-electron chi connectivity index (χ2n) is 7.59. The van der Waals surface area contributed by atoms with Gasteiger partial charge < -0.3 is 10.2 Å². The Hall–Kier alpha value is -1.39. The third-order valence-electron chi connectivity index (χ3n) is 6.00. The average Bonchev–Trinajstić information content (AvgIpc) is 2.64. The quantitative estimate of drug-likeness (QED) is 0.921. The van der Waals surface area contributed by atoms with Gasteiger partial charge in [-0.3, -0.25) is 9.69 Å². The Kier molecular flexibility index (Phi) is 5.57. The van der Waals surface area contributed by atoms with Crippen LogP contribution in [-0.4, -0.2) is 62.0 Å². The van der Waals surface area contributed by atoms with Gasteiger partial charge in [0.15, 0.2) is 0 Å². The summed E-state index contributed by atoms with van der Waals surface area (Å²) >= 11 is 0. The molecule has 3 rings (SSSR count). The van der Waals surface area contributed by atoms with Gasteiger partial charge in [0.1, 0.15) is 0 Å². The SMILES string of the molecule is CCN1C[C@H](c2ccccc2)CC2(CCN(CC(=O)NC)CC2)C1. The minimum atomic E-state index is 0.131. The number of carbonyl (C=O) groups excluding carboxylic acids is 1. The molecule has 0 unspecified atom stereocenters. The summed E-state index contributed by atoms with van der Waals surface area (Å²) in [5.41, 5.74) is 1.91. The number of nitrogens with one attached hydrogen (secondary N) is 1. The van der Waals surface area contributed by atoms with Crippen molar-refractivity contribution in [2.45, 2.75) is 32.1 Å². The maximum atomic E-state index is 11.6. The third-order valence-corrected chi connectivity index (χ3v) is 6.00. The lowest BCUT2D eigenvalue weighted by Gasteiger charge is -2.50. The summed E-state index contributed by atoms with van der Waals surface area (Å²) in [4.78, 5) is 16.6. The van der Waals surface area contributed by atoms with Gasteiger partial charge in [0.2, 0.25) is 5.91 Å². The van der Waals surface area contributed by atoms with Gasteiger partial charge in [0.25, 0.3) is 0 Å². The number of amides is 1. The van der Waals surface area contributed by atoms with Gasteiger partial charge in [-0.1, -0.05) is 37.3 Å². The molecule has 4 heteroatoms. The Balaban J connectivity index is 1.67. The summed E-state index contributed by atoms with van der Waals surface area (Å²) in [6.45, 7) is 8.46. The van der Waals surface area contributed by atoms with E-state index in [4.69, 9.17) is 0 Å². The highest BCUT2D eigenvalue weighted by Gasteiger charge is 2.41. The highest BCUT2D eigenvalue weighted by atomic mass is 16.1. The Morgan fingerprint density at radius 1 is 1.21 bits per heavy atom. The number of likely N-dealkylation sites (N-methyl/N-ethyl adjacent to an activating group) is 2. The minimum absolute atomic E-state index is 0.131. The van der Waals surface area contributed by atoms with Crippen LogP contribution in [0.1, 0.15) is 37.7 Å². The molecular weight excluding hydrogens is 298 g/mol. The van der Waals surface area contributed by atoms with E-state index >= 15 is 0 Å². The fourth-order valence-corrected chi connectivity index (χ4v) is 4.52. The topological polar surface area (TPSA) is 35.6 Å². The molecule has 0 saturated carbocycles. The van der Waals surface area contributed by atoms with Crippen LogP contribution < -0.4 is 5.32 Å². The maximum Gasteiger partial charge on any atom is 0.233 e. The van der Waals surface area contributed by atoms with Crippen molar-refractivity contribution in [3.63, 3.8) is 0 Å². The predicted molar refractivity (Wildman–Crippen MR) is 98.1 cm³/mol. The largest absolute Gasteiger partial charge is 0.358 e. The molecule has 2 saturated heterocycles. The molecule has 132 valence electrons. The normalized spacial score (nSPS) is 24.8. The van der Waals surface area contributed by atoms with Crippen molar-refractivity contribution in [1.82, 2.24) is 15.1 Å². The van der Waals surface area contributed by atoms with Gasteiger partial charge in [-0.15, -0.1) is 0 Å². The second kappa shape index (κ2) is 7.66. The first-order valence-electron chi connectivity index (χ1n) is 9.34. The standard InChI is InChI=1S/C20H31N3O/c1-3-22-14-18(17-7-5-4-6-8-17)13-20(16-22)9-11-23(12-10-20)15-19(24)21-2/h4-8,18H,3,9-16H2,1-2H3,(H,21,24)/t18-/m1/s1. The van der Waals surface area contributed by atoms with E-state index in [2.05, 4.69) is 52.4 Å². The van der Waals surface area contributed by atoms with Crippen LogP contribution in [0.2, 0.25) is 0 Å². The molecule has 2 aliphatic heterocycles. The fraction of sp³-hybridized carbons (Fsp3) is 0.650. The van der Waals surface area contributed by atoms with Gasteiger partial charge in [-0.2, -0.15) is 0 Å². The van der Waals surface area contributed by atoms with Crippen LogP contribution in [0.5, 0.6) is 0 Å². The zero-order chi connectivity index (χ0) is 17.0. The van der Waals surface area contributed by atoms with Gasteiger partial charge in [-0.05, 0) is 55.8 Å². The van der Waals surface area contributed by atoms with E-state index in [0.717, 1.165) is 19.6 Å². The van der Waals surface area contributed by atoms with Crippen molar-refractivity contribution in [3.05, 3.63) is 35.9 Å². The van der Waals surface area contributed by atoms with Crippen molar-refractivity contribution >= 4 is 5.91 Å². The molecule has 1 aromatic carbocycles. The fourth-order valence-electron chi connectivity index (χ4n) is 4.52. The molecule has 4 nitrogen and oxygen atoms in total. The van der Waals surface area contributed by atoms with E-state index in [1.807, 2.05) is 0 Å². The molecule has 1 atom stereocenters. The number of rotatable bonds is 4. The van der Waals surface area contributed by atoms with Gasteiger partial charge in [0.05, 0.1) is 6.54 Å². The van der Waals surface area contributed by atoms with E-state index < -0.39 is 0 Å². The number of carbonyl (C=O) groups is 1. The molecular formula is C20H31N3O. The van der Waals surface area contributed by atoms with Crippen molar-refractivity contribution < 1.29 is 4.79 Å². The van der Waals surface area contributed by atoms with Gasteiger partial charge in [0, 0.05) is 20.1 Å².